The number of hydrogen-bond acceptors (Lipinski definition) is 2. The number of benzene rings is 1. The zero-order chi connectivity index (χ0) is 11.0. The minimum Gasteiger partial charge on any atom is -0.299 e. The van der Waals surface area contributed by atoms with E-state index in [1.165, 1.54) is 12.8 Å². The van der Waals surface area contributed by atoms with Gasteiger partial charge in [0, 0.05) is 16.6 Å². The molecule has 1 saturated heterocycles. The highest BCUT2D eigenvalue weighted by atomic mass is 32.1. The lowest BCUT2D eigenvalue weighted by Gasteiger charge is -2.13. The lowest BCUT2D eigenvalue weighted by Crippen LogP contribution is -2.18. The first kappa shape index (κ1) is 10.2. The molecular weight excluding hydrogens is 221 g/mol. The average molecular weight is 235 g/mol. The monoisotopic (exact) mass is 235 g/mol. The van der Waals surface area contributed by atoms with E-state index in [2.05, 4.69) is 10.3 Å². The summed E-state index contributed by atoms with van der Waals surface area (Å²) in [5.41, 5.74) is 1.15. The van der Waals surface area contributed by atoms with Gasteiger partial charge < -0.3 is 0 Å². The van der Waals surface area contributed by atoms with Gasteiger partial charge in [-0.05, 0) is 49.0 Å². The molecule has 84 valence electrons. The topological polar surface area (TPSA) is 3.24 Å². The van der Waals surface area contributed by atoms with Gasteiger partial charge in [0.05, 0.1) is 0 Å². The third-order valence-corrected chi connectivity index (χ3v) is 4.21. The van der Waals surface area contributed by atoms with Crippen molar-refractivity contribution >= 4 is 21.4 Å². The molecule has 0 radical (unpaired) electrons. The predicted molar refractivity (Wildman–Crippen MR) is 66.3 cm³/mol. The van der Waals surface area contributed by atoms with Crippen molar-refractivity contribution in [1.29, 1.82) is 0 Å². The average Bonchev–Trinajstić information content (AvgIpc) is 2.90. The molecule has 1 aliphatic rings. The summed E-state index contributed by atoms with van der Waals surface area (Å²) in [5.74, 6) is -0.0760. The summed E-state index contributed by atoms with van der Waals surface area (Å²) in [5, 5.41) is 2.94. The van der Waals surface area contributed by atoms with Gasteiger partial charge in [0.15, 0.2) is 0 Å². The molecule has 1 aromatic heterocycles. The fraction of sp³-hybridized carbons (Fsp3) is 0.385. The van der Waals surface area contributed by atoms with Crippen molar-refractivity contribution in [3.05, 3.63) is 35.0 Å². The fourth-order valence-electron chi connectivity index (χ4n) is 2.41. The van der Waals surface area contributed by atoms with E-state index in [-0.39, 0.29) is 5.82 Å². The molecule has 3 heteroatoms. The molecule has 2 aromatic rings. The summed E-state index contributed by atoms with van der Waals surface area (Å²) in [7, 11) is 0. The van der Waals surface area contributed by atoms with Gasteiger partial charge in [-0.15, -0.1) is 11.3 Å². The zero-order valence-corrected chi connectivity index (χ0v) is 9.89. The van der Waals surface area contributed by atoms with Gasteiger partial charge in [0.2, 0.25) is 0 Å². The third kappa shape index (κ3) is 1.74. The van der Waals surface area contributed by atoms with Crippen molar-refractivity contribution in [2.45, 2.75) is 19.4 Å². The number of halogens is 1. The summed E-state index contributed by atoms with van der Waals surface area (Å²) in [4.78, 5) is 2.41. The van der Waals surface area contributed by atoms with Crippen LogP contribution in [0.3, 0.4) is 0 Å². The van der Waals surface area contributed by atoms with Gasteiger partial charge in [-0.1, -0.05) is 6.07 Å². The van der Waals surface area contributed by atoms with E-state index in [0.717, 1.165) is 35.3 Å². The quantitative estimate of drug-likeness (QED) is 0.768. The maximum Gasteiger partial charge on any atom is 0.132 e. The van der Waals surface area contributed by atoms with E-state index < -0.39 is 0 Å². The number of rotatable bonds is 2. The number of hydrogen-bond donors (Lipinski definition) is 0. The van der Waals surface area contributed by atoms with E-state index in [1.54, 1.807) is 23.5 Å². The van der Waals surface area contributed by atoms with Gasteiger partial charge >= 0.3 is 0 Å². The molecule has 0 atom stereocenters. The SMILES string of the molecule is Fc1cccc2scc(CN3CCCC3)c12. The maximum atomic E-state index is 13.7. The summed E-state index contributed by atoms with van der Waals surface area (Å²) in [6, 6.07) is 5.34. The molecule has 1 aromatic carbocycles. The zero-order valence-electron chi connectivity index (χ0n) is 9.08. The van der Waals surface area contributed by atoms with Gasteiger partial charge in [0.1, 0.15) is 5.82 Å². The lowest BCUT2D eigenvalue weighted by molar-refractivity contribution is 0.333. The van der Waals surface area contributed by atoms with Crippen LogP contribution in [0.4, 0.5) is 4.39 Å². The largest absolute Gasteiger partial charge is 0.299 e. The Hall–Kier alpha value is -0.930. The van der Waals surface area contributed by atoms with Crippen molar-refractivity contribution in [2.75, 3.05) is 13.1 Å². The molecule has 2 heterocycles. The molecule has 3 rings (SSSR count). The molecule has 1 aliphatic heterocycles. The molecule has 16 heavy (non-hydrogen) atoms. The van der Waals surface area contributed by atoms with Crippen LogP contribution in [0.25, 0.3) is 10.1 Å². The van der Waals surface area contributed by atoms with Crippen LogP contribution in [0.2, 0.25) is 0 Å². The Morgan fingerprint density at radius 1 is 1.25 bits per heavy atom. The Bertz CT molecular complexity index is 500. The van der Waals surface area contributed by atoms with Crippen molar-refractivity contribution in [1.82, 2.24) is 4.90 Å². The van der Waals surface area contributed by atoms with Crippen LogP contribution in [-0.2, 0) is 6.54 Å². The minimum absolute atomic E-state index is 0.0760. The van der Waals surface area contributed by atoms with E-state index in [9.17, 15) is 4.39 Å². The molecule has 0 N–H and O–H groups in total. The van der Waals surface area contributed by atoms with Crippen LogP contribution in [0.15, 0.2) is 23.6 Å². The highest BCUT2D eigenvalue weighted by Gasteiger charge is 2.15. The van der Waals surface area contributed by atoms with Crippen LogP contribution in [0, 0.1) is 5.82 Å². The van der Waals surface area contributed by atoms with Gasteiger partial charge in [-0.3, -0.25) is 4.90 Å². The Balaban J connectivity index is 1.97. The third-order valence-electron chi connectivity index (χ3n) is 3.22. The standard InChI is InChI=1S/C13H14FNS/c14-11-4-3-5-12-13(11)10(9-16-12)8-15-6-1-2-7-15/h3-5,9H,1-2,6-8H2. The number of nitrogens with zero attached hydrogens (tertiary/aromatic N) is 1. The predicted octanol–water partition coefficient (Wildman–Crippen LogP) is 3.64. The van der Waals surface area contributed by atoms with E-state index >= 15 is 0 Å². The first-order chi connectivity index (χ1) is 7.84. The van der Waals surface area contributed by atoms with Crippen LogP contribution in [0.5, 0.6) is 0 Å². The van der Waals surface area contributed by atoms with Crippen molar-refractivity contribution in [3.8, 4) is 0 Å². The van der Waals surface area contributed by atoms with Crippen molar-refractivity contribution < 1.29 is 4.39 Å². The van der Waals surface area contributed by atoms with Gasteiger partial charge in [-0.2, -0.15) is 0 Å². The van der Waals surface area contributed by atoms with Crippen molar-refractivity contribution in [3.63, 3.8) is 0 Å². The smallest absolute Gasteiger partial charge is 0.132 e. The summed E-state index contributed by atoms with van der Waals surface area (Å²) in [6.07, 6.45) is 2.56. The molecule has 0 aliphatic carbocycles. The first-order valence-corrected chi connectivity index (χ1v) is 6.59. The van der Waals surface area contributed by atoms with E-state index in [0.29, 0.717) is 0 Å². The summed E-state index contributed by atoms with van der Waals surface area (Å²) in [6.45, 7) is 3.22. The highest BCUT2D eigenvalue weighted by Crippen LogP contribution is 2.29. The highest BCUT2D eigenvalue weighted by molar-refractivity contribution is 7.17. The Morgan fingerprint density at radius 3 is 2.88 bits per heavy atom. The van der Waals surface area contributed by atoms with Crippen LogP contribution < -0.4 is 0 Å². The Kier molecular flexibility index (Phi) is 2.65. The Labute approximate surface area is 98.5 Å². The maximum absolute atomic E-state index is 13.7. The normalized spacial score (nSPS) is 17.3. The molecular formula is C13H14FNS. The van der Waals surface area contributed by atoms with Crippen LogP contribution >= 0.6 is 11.3 Å². The molecule has 1 nitrogen and oxygen atoms in total. The number of likely N-dealkylation sites (tertiary alicyclic amines) is 1. The molecule has 1 fully saturated rings. The first-order valence-electron chi connectivity index (χ1n) is 5.71. The van der Waals surface area contributed by atoms with Gasteiger partial charge in [-0.25, -0.2) is 4.39 Å². The number of fused-ring (bicyclic) bond motifs is 1. The van der Waals surface area contributed by atoms with Crippen LogP contribution in [0.1, 0.15) is 18.4 Å². The second kappa shape index (κ2) is 4.15. The van der Waals surface area contributed by atoms with Crippen molar-refractivity contribution in [2.24, 2.45) is 0 Å². The second-order valence-corrected chi connectivity index (χ2v) is 5.27. The minimum atomic E-state index is -0.0760. The molecule has 0 unspecified atom stereocenters. The van der Waals surface area contributed by atoms with E-state index in [4.69, 9.17) is 0 Å². The summed E-state index contributed by atoms with van der Waals surface area (Å²) >= 11 is 1.64. The lowest BCUT2D eigenvalue weighted by atomic mass is 10.1. The number of thiophene rings is 1. The second-order valence-electron chi connectivity index (χ2n) is 4.36. The summed E-state index contributed by atoms with van der Waals surface area (Å²) < 4.78 is 14.8. The fourth-order valence-corrected chi connectivity index (χ4v) is 3.37. The van der Waals surface area contributed by atoms with Gasteiger partial charge in [0.25, 0.3) is 0 Å². The Morgan fingerprint density at radius 2 is 2.06 bits per heavy atom. The molecule has 0 amide bonds. The molecule has 0 saturated carbocycles. The van der Waals surface area contributed by atoms with E-state index in [1.807, 2.05) is 6.07 Å². The molecule has 0 spiro atoms. The molecule has 0 bridgehead atoms. The van der Waals surface area contributed by atoms with Crippen LogP contribution in [-0.4, -0.2) is 18.0 Å².